The van der Waals surface area contributed by atoms with E-state index in [1.54, 1.807) is 0 Å². The summed E-state index contributed by atoms with van der Waals surface area (Å²) in [5.41, 5.74) is 2.55. The van der Waals surface area contributed by atoms with Crippen LogP contribution < -0.4 is 5.32 Å². The molecule has 0 fully saturated rings. The van der Waals surface area contributed by atoms with Crippen molar-refractivity contribution < 1.29 is 0 Å². The third-order valence-electron chi connectivity index (χ3n) is 2.68. The molecular formula is C13H26N4. The predicted molar refractivity (Wildman–Crippen MR) is 72.0 cm³/mol. The van der Waals surface area contributed by atoms with Crippen molar-refractivity contribution in [3.05, 3.63) is 17.5 Å². The molecule has 0 aliphatic carbocycles. The topological polar surface area (TPSA) is 33.1 Å². The Kier molecular flexibility index (Phi) is 4.71. The lowest BCUT2D eigenvalue weighted by atomic mass is 10.1. The number of aryl methyl sites for hydroxylation is 2. The minimum Gasteiger partial charge on any atom is -0.311 e. The largest absolute Gasteiger partial charge is 0.311 e. The van der Waals surface area contributed by atoms with Crippen molar-refractivity contribution in [3.8, 4) is 0 Å². The van der Waals surface area contributed by atoms with E-state index < -0.39 is 0 Å². The second-order valence-electron chi connectivity index (χ2n) is 5.82. The standard InChI is InChI=1S/C13H26N4/c1-11-9-12(17(6)15-11)10-16(5)8-7-14-13(2,3)4/h9,14H,7-8,10H2,1-6H3. The maximum absolute atomic E-state index is 4.36. The summed E-state index contributed by atoms with van der Waals surface area (Å²) < 4.78 is 1.96. The van der Waals surface area contributed by atoms with Crippen LogP contribution in [0.15, 0.2) is 6.07 Å². The van der Waals surface area contributed by atoms with Gasteiger partial charge in [-0.3, -0.25) is 9.58 Å². The smallest absolute Gasteiger partial charge is 0.0597 e. The first-order valence-corrected chi connectivity index (χ1v) is 6.21. The van der Waals surface area contributed by atoms with Gasteiger partial charge in [0.1, 0.15) is 0 Å². The molecule has 0 saturated heterocycles. The molecule has 98 valence electrons. The molecule has 0 aliphatic rings. The van der Waals surface area contributed by atoms with Gasteiger partial charge < -0.3 is 5.32 Å². The zero-order valence-electron chi connectivity index (χ0n) is 12.0. The zero-order valence-corrected chi connectivity index (χ0v) is 12.0. The van der Waals surface area contributed by atoms with Gasteiger partial charge in [0.2, 0.25) is 0 Å². The van der Waals surface area contributed by atoms with Crippen molar-refractivity contribution in [2.24, 2.45) is 7.05 Å². The Labute approximate surface area is 105 Å². The van der Waals surface area contributed by atoms with E-state index in [9.17, 15) is 0 Å². The average molecular weight is 238 g/mol. The van der Waals surface area contributed by atoms with E-state index in [1.807, 2.05) is 18.7 Å². The van der Waals surface area contributed by atoms with Gasteiger partial charge >= 0.3 is 0 Å². The van der Waals surface area contributed by atoms with Crippen LogP contribution in [0, 0.1) is 6.92 Å². The molecule has 0 atom stereocenters. The summed E-state index contributed by atoms with van der Waals surface area (Å²) in [5.74, 6) is 0. The molecule has 0 spiro atoms. The summed E-state index contributed by atoms with van der Waals surface area (Å²) in [4.78, 5) is 2.31. The molecule has 0 amide bonds. The molecule has 0 bridgehead atoms. The first kappa shape index (κ1) is 14.2. The van der Waals surface area contributed by atoms with Crippen molar-refractivity contribution in [2.45, 2.75) is 39.8 Å². The molecule has 0 unspecified atom stereocenters. The molecule has 4 heteroatoms. The maximum atomic E-state index is 4.36. The zero-order chi connectivity index (χ0) is 13.1. The number of hydrogen-bond donors (Lipinski definition) is 1. The number of nitrogens with zero attached hydrogens (tertiary/aromatic N) is 3. The van der Waals surface area contributed by atoms with E-state index in [0.29, 0.717) is 0 Å². The van der Waals surface area contributed by atoms with Gasteiger partial charge in [-0.05, 0) is 40.8 Å². The molecule has 1 aromatic rings. The van der Waals surface area contributed by atoms with E-state index >= 15 is 0 Å². The summed E-state index contributed by atoms with van der Waals surface area (Å²) in [6, 6.07) is 2.15. The number of rotatable bonds is 5. The molecule has 1 heterocycles. The van der Waals surface area contributed by atoms with Crippen LogP contribution in [-0.2, 0) is 13.6 Å². The highest BCUT2D eigenvalue weighted by Gasteiger charge is 2.09. The number of likely N-dealkylation sites (N-methyl/N-ethyl adjacent to an activating group) is 1. The normalized spacial score (nSPS) is 12.4. The quantitative estimate of drug-likeness (QED) is 0.845. The fourth-order valence-electron chi connectivity index (χ4n) is 1.79. The first-order chi connectivity index (χ1) is 7.78. The Balaban J connectivity index is 2.35. The van der Waals surface area contributed by atoms with Gasteiger partial charge in [0.15, 0.2) is 0 Å². The Morgan fingerprint density at radius 3 is 2.53 bits per heavy atom. The fraction of sp³-hybridized carbons (Fsp3) is 0.769. The lowest BCUT2D eigenvalue weighted by molar-refractivity contribution is 0.296. The van der Waals surface area contributed by atoms with Gasteiger partial charge in [-0.1, -0.05) is 0 Å². The van der Waals surface area contributed by atoms with Crippen molar-refractivity contribution >= 4 is 0 Å². The van der Waals surface area contributed by atoms with E-state index in [1.165, 1.54) is 5.69 Å². The summed E-state index contributed by atoms with van der Waals surface area (Å²) >= 11 is 0. The SMILES string of the molecule is Cc1cc(CN(C)CCNC(C)(C)C)n(C)n1. The summed E-state index contributed by atoms with van der Waals surface area (Å²) in [5, 5.41) is 7.85. The Morgan fingerprint density at radius 2 is 2.06 bits per heavy atom. The molecule has 0 radical (unpaired) electrons. The van der Waals surface area contributed by atoms with Gasteiger partial charge in [-0.15, -0.1) is 0 Å². The van der Waals surface area contributed by atoms with E-state index in [2.05, 4.69) is 49.2 Å². The van der Waals surface area contributed by atoms with Gasteiger partial charge in [0.05, 0.1) is 11.4 Å². The fourth-order valence-corrected chi connectivity index (χ4v) is 1.79. The van der Waals surface area contributed by atoms with E-state index in [0.717, 1.165) is 25.3 Å². The summed E-state index contributed by atoms with van der Waals surface area (Å²) in [7, 11) is 4.15. The Hall–Kier alpha value is -0.870. The maximum Gasteiger partial charge on any atom is 0.0597 e. The first-order valence-electron chi connectivity index (χ1n) is 6.21. The van der Waals surface area contributed by atoms with Crippen LogP contribution in [0.25, 0.3) is 0 Å². The van der Waals surface area contributed by atoms with Crippen LogP contribution in [0.2, 0.25) is 0 Å². The molecule has 4 nitrogen and oxygen atoms in total. The number of aromatic nitrogens is 2. The van der Waals surface area contributed by atoms with E-state index in [-0.39, 0.29) is 5.54 Å². The summed E-state index contributed by atoms with van der Waals surface area (Å²) in [6.07, 6.45) is 0. The highest BCUT2D eigenvalue weighted by Crippen LogP contribution is 2.04. The molecule has 1 rings (SSSR count). The highest BCUT2D eigenvalue weighted by molar-refractivity contribution is 5.08. The summed E-state index contributed by atoms with van der Waals surface area (Å²) in [6.45, 7) is 11.6. The van der Waals surface area contributed by atoms with Crippen molar-refractivity contribution in [2.75, 3.05) is 20.1 Å². The van der Waals surface area contributed by atoms with Crippen LogP contribution in [0.1, 0.15) is 32.2 Å². The lowest BCUT2D eigenvalue weighted by Crippen LogP contribution is -2.40. The second kappa shape index (κ2) is 5.65. The van der Waals surface area contributed by atoms with Crippen molar-refractivity contribution in [3.63, 3.8) is 0 Å². The van der Waals surface area contributed by atoms with Crippen LogP contribution >= 0.6 is 0 Å². The second-order valence-corrected chi connectivity index (χ2v) is 5.82. The highest BCUT2D eigenvalue weighted by atomic mass is 15.3. The van der Waals surface area contributed by atoms with Crippen LogP contribution in [0.4, 0.5) is 0 Å². The lowest BCUT2D eigenvalue weighted by Gasteiger charge is -2.23. The van der Waals surface area contributed by atoms with Crippen molar-refractivity contribution in [1.82, 2.24) is 20.0 Å². The molecule has 0 aliphatic heterocycles. The third kappa shape index (κ3) is 5.33. The average Bonchev–Trinajstić information content (AvgIpc) is 2.42. The van der Waals surface area contributed by atoms with Gasteiger partial charge in [-0.2, -0.15) is 5.10 Å². The van der Waals surface area contributed by atoms with Gasteiger partial charge in [-0.25, -0.2) is 0 Å². The predicted octanol–water partition coefficient (Wildman–Crippen LogP) is 1.55. The molecule has 1 N–H and O–H groups in total. The van der Waals surface area contributed by atoms with Crippen molar-refractivity contribution in [1.29, 1.82) is 0 Å². The molecule has 17 heavy (non-hydrogen) atoms. The molecular weight excluding hydrogens is 212 g/mol. The van der Waals surface area contributed by atoms with E-state index in [4.69, 9.17) is 0 Å². The minimum atomic E-state index is 0.198. The van der Waals surface area contributed by atoms with Gasteiger partial charge in [0.25, 0.3) is 0 Å². The number of nitrogens with one attached hydrogen (secondary N) is 1. The molecule has 0 saturated carbocycles. The monoisotopic (exact) mass is 238 g/mol. The molecule has 1 aromatic heterocycles. The van der Waals surface area contributed by atoms with Crippen LogP contribution in [0.3, 0.4) is 0 Å². The Bertz CT molecular complexity index is 349. The number of hydrogen-bond acceptors (Lipinski definition) is 3. The minimum absolute atomic E-state index is 0.198. The third-order valence-corrected chi connectivity index (χ3v) is 2.68. The Morgan fingerprint density at radius 1 is 1.41 bits per heavy atom. The van der Waals surface area contributed by atoms with Crippen LogP contribution in [0.5, 0.6) is 0 Å². The molecule has 0 aromatic carbocycles. The van der Waals surface area contributed by atoms with Gasteiger partial charge in [0, 0.05) is 32.2 Å². The van der Waals surface area contributed by atoms with Crippen LogP contribution in [-0.4, -0.2) is 40.4 Å².